The number of rotatable bonds is 6. The van der Waals surface area contributed by atoms with Gasteiger partial charge in [-0.05, 0) is 25.1 Å². The van der Waals surface area contributed by atoms with Crippen molar-refractivity contribution in [2.45, 2.75) is 19.6 Å². The van der Waals surface area contributed by atoms with E-state index in [1.165, 1.54) is 0 Å². The summed E-state index contributed by atoms with van der Waals surface area (Å²) < 4.78 is 49.5. The number of halogens is 4. The lowest BCUT2D eigenvalue weighted by Crippen LogP contribution is -2.46. The van der Waals surface area contributed by atoms with Gasteiger partial charge >= 0.3 is 6.18 Å². The van der Waals surface area contributed by atoms with Crippen LogP contribution in [0.15, 0.2) is 41.1 Å². The quantitative estimate of drug-likeness (QED) is 0.527. The van der Waals surface area contributed by atoms with Crippen molar-refractivity contribution < 1.29 is 22.4 Å². The minimum atomic E-state index is -4.47. The standard InChI is InChI=1S/C21H21ClF3N5O2/c1-2-31-17-6-4-3-5-15(17)19-27-18(32-28-19)13-29-7-9-30(10-8-29)20-16(22)11-14(12-26-20)21(23,24)25/h3-6,11-12H,2,7-10,13H2,1H3. The molecular weight excluding hydrogens is 447 g/mol. The predicted octanol–water partition coefficient (Wildman–Crippen LogP) is 4.52. The molecule has 7 nitrogen and oxygen atoms in total. The molecule has 1 fully saturated rings. The summed E-state index contributed by atoms with van der Waals surface area (Å²) in [7, 11) is 0. The lowest BCUT2D eigenvalue weighted by Gasteiger charge is -2.35. The molecule has 0 atom stereocenters. The van der Waals surface area contributed by atoms with Crippen molar-refractivity contribution in [1.29, 1.82) is 0 Å². The van der Waals surface area contributed by atoms with Crippen molar-refractivity contribution in [3.63, 3.8) is 0 Å². The summed E-state index contributed by atoms with van der Waals surface area (Å²) in [4.78, 5) is 12.4. The average molecular weight is 468 g/mol. The van der Waals surface area contributed by atoms with Gasteiger partial charge in [0.1, 0.15) is 11.6 Å². The minimum absolute atomic E-state index is 0.0113. The number of ether oxygens (including phenoxy) is 1. The summed E-state index contributed by atoms with van der Waals surface area (Å²) in [5, 5.41) is 4.06. The highest BCUT2D eigenvalue weighted by molar-refractivity contribution is 6.33. The maximum atomic E-state index is 12.8. The molecule has 170 valence electrons. The zero-order valence-electron chi connectivity index (χ0n) is 17.3. The van der Waals surface area contributed by atoms with Crippen molar-refractivity contribution in [3.8, 4) is 17.1 Å². The number of hydrogen-bond donors (Lipinski definition) is 0. The van der Waals surface area contributed by atoms with Crippen LogP contribution in [-0.2, 0) is 12.7 Å². The van der Waals surface area contributed by atoms with Gasteiger partial charge in [0.2, 0.25) is 11.7 Å². The minimum Gasteiger partial charge on any atom is -0.493 e. The van der Waals surface area contributed by atoms with Gasteiger partial charge < -0.3 is 14.2 Å². The Balaban J connectivity index is 1.37. The number of piperazine rings is 1. The van der Waals surface area contributed by atoms with Gasteiger partial charge in [0.05, 0.1) is 29.3 Å². The Morgan fingerprint density at radius 1 is 1.16 bits per heavy atom. The fourth-order valence-corrected chi connectivity index (χ4v) is 3.77. The zero-order chi connectivity index (χ0) is 22.7. The van der Waals surface area contributed by atoms with Crippen molar-refractivity contribution >= 4 is 17.4 Å². The highest BCUT2D eigenvalue weighted by atomic mass is 35.5. The zero-order valence-corrected chi connectivity index (χ0v) is 18.0. The molecule has 1 saturated heterocycles. The molecule has 4 rings (SSSR count). The Hall–Kier alpha value is -2.85. The maximum Gasteiger partial charge on any atom is 0.417 e. The van der Waals surface area contributed by atoms with Gasteiger partial charge in [-0.2, -0.15) is 18.2 Å². The van der Waals surface area contributed by atoms with Crippen LogP contribution in [0, 0.1) is 0 Å². The second-order valence-corrected chi connectivity index (χ2v) is 7.64. The molecule has 32 heavy (non-hydrogen) atoms. The fourth-order valence-electron chi connectivity index (χ4n) is 3.49. The first-order valence-electron chi connectivity index (χ1n) is 10.1. The first kappa shape index (κ1) is 22.3. The third-order valence-electron chi connectivity index (χ3n) is 5.08. The first-order valence-corrected chi connectivity index (χ1v) is 10.5. The van der Waals surface area contributed by atoms with Crippen LogP contribution in [-0.4, -0.2) is 52.8 Å². The van der Waals surface area contributed by atoms with Gasteiger partial charge in [-0.1, -0.05) is 28.9 Å². The number of pyridine rings is 1. The van der Waals surface area contributed by atoms with E-state index < -0.39 is 11.7 Å². The van der Waals surface area contributed by atoms with E-state index in [1.54, 1.807) is 0 Å². The predicted molar refractivity (Wildman–Crippen MR) is 113 cm³/mol. The largest absolute Gasteiger partial charge is 0.493 e. The van der Waals surface area contributed by atoms with Crippen LogP contribution < -0.4 is 9.64 Å². The molecule has 3 aromatic rings. The van der Waals surface area contributed by atoms with Crippen molar-refractivity contribution in [1.82, 2.24) is 20.0 Å². The topological polar surface area (TPSA) is 67.5 Å². The molecule has 1 aromatic carbocycles. The first-order chi connectivity index (χ1) is 15.3. The molecule has 0 saturated carbocycles. The number of aromatic nitrogens is 3. The monoisotopic (exact) mass is 467 g/mol. The Kier molecular flexibility index (Phi) is 6.52. The van der Waals surface area contributed by atoms with Crippen LogP contribution in [0.2, 0.25) is 5.02 Å². The molecule has 0 radical (unpaired) electrons. The second kappa shape index (κ2) is 9.33. The van der Waals surface area contributed by atoms with E-state index in [4.69, 9.17) is 20.9 Å². The average Bonchev–Trinajstić information content (AvgIpc) is 3.23. The molecule has 1 aliphatic rings. The number of alkyl halides is 3. The van der Waals surface area contributed by atoms with E-state index in [-0.39, 0.29) is 5.02 Å². The third-order valence-corrected chi connectivity index (χ3v) is 5.35. The Morgan fingerprint density at radius 2 is 1.91 bits per heavy atom. The van der Waals surface area contributed by atoms with Gasteiger partial charge in [-0.25, -0.2) is 4.98 Å². The van der Waals surface area contributed by atoms with E-state index in [2.05, 4.69) is 20.0 Å². The van der Waals surface area contributed by atoms with Crippen LogP contribution in [0.25, 0.3) is 11.4 Å². The van der Waals surface area contributed by atoms with Gasteiger partial charge in [0.15, 0.2) is 0 Å². The molecule has 0 amide bonds. The summed E-state index contributed by atoms with van der Waals surface area (Å²) in [5.74, 6) is 1.98. The molecular formula is C21H21ClF3N5O2. The number of anilines is 1. The molecule has 0 unspecified atom stereocenters. The summed E-state index contributed by atoms with van der Waals surface area (Å²) in [6.07, 6.45) is -3.66. The van der Waals surface area contributed by atoms with E-state index in [1.807, 2.05) is 36.1 Å². The van der Waals surface area contributed by atoms with Crippen LogP contribution >= 0.6 is 11.6 Å². The Bertz CT molecular complexity index is 1070. The molecule has 11 heteroatoms. The third kappa shape index (κ3) is 4.97. The van der Waals surface area contributed by atoms with Crippen LogP contribution in [0.3, 0.4) is 0 Å². The van der Waals surface area contributed by atoms with E-state index in [9.17, 15) is 13.2 Å². The number of benzene rings is 1. The molecule has 0 N–H and O–H groups in total. The number of nitrogens with zero attached hydrogens (tertiary/aromatic N) is 5. The van der Waals surface area contributed by atoms with Gasteiger partial charge in [0.25, 0.3) is 0 Å². The SMILES string of the molecule is CCOc1ccccc1-c1noc(CN2CCN(c3ncc(C(F)(F)F)cc3Cl)CC2)n1. The number of hydrogen-bond acceptors (Lipinski definition) is 7. The van der Waals surface area contributed by atoms with Crippen molar-refractivity contribution in [2.75, 3.05) is 37.7 Å². The summed E-state index contributed by atoms with van der Waals surface area (Å²) in [6.45, 7) is 5.32. The highest BCUT2D eigenvalue weighted by Crippen LogP contribution is 2.34. The molecule has 3 heterocycles. The lowest BCUT2D eigenvalue weighted by atomic mass is 10.2. The molecule has 0 spiro atoms. The summed E-state index contributed by atoms with van der Waals surface area (Å²) >= 11 is 6.07. The van der Waals surface area contributed by atoms with Crippen LogP contribution in [0.1, 0.15) is 18.4 Å². The van der Waals surface area contributed by atoms with Crippen molar-refractivity contribution in [3.05, 3.63) is 53.0 Å². The van der Waals surface area contributed by atoms with E-state index in [0.717, 1.165) is 17.8 Å². The Morgan fingerprint density at radius 3 is 2.59 bits per heavy atom. The maximum absolute atomic E-state index is 12.8. The Labute approximate surface area is 187 Å². The van der Waals surface area contributed by atoms with Crippen molar-refractivity contribution in [2.24, 2.45) is 0 Å². The van der Waals surface area contributed by atoms with Gasteiger partial charge in [-0.3, -0.25) is 4.90 Å². The van der Waals surface area contributed by atoms with Crippen LogP contribution in [0.5, 0.6) is 5.75 Å². The molecule has 0 aliphatic carbocycles. The van der Waals surface area contributed by atoms with Gasteiger partial charge in [0, 0.05) is 32.4 Å². The van der Waals surface area contributed by atoms with E-state index in [0.29, 0.717) is 62.6 Å². The van der Waals surface area contributed by atoms with Crippen LogP contribution in [0.4, 0.5) is 19.0 Å². The summed E-state index contributed by atoms with van der Waals surface area (Å²) in [5.41, 5.74) is -0.0971. The normalized spacial score (nSPS) is 15.2. The number of para-hydroxylation sites is 1. The second-order valence-electron chi connectivity index (χ2n) is 7.23. The van der Waals surface area contributed by atoms with Gasteiger partial charge in [-0.15, -0.1) is 0 Å². The molecule has 1 aliphatic heterocycles. The molecule has 2 aromatic heterocycles. The highest BCUT2D eigenvalue weighted by Gasteiger charge is 2.32. The summed E-state index contributed by atoms with van der Waals surface area (Å²) in [6, 6.07) is 8.41. The fraction of sp³-hybridized carbons (Fsp3) is 0.381. The lowest BCUT2D eigenvalue weighted by molar-refractivity contribution is -0.137. The molecule has 0 bridgehead atoms. The van der Waals surface area contributed by atoms with E-state index >= 15 is 0 Å². The smallest absolute Gasteiger partial charge is 0.417 e.